The van der Waals surface area contributed by atoms with Crippen LogP contribution in [-0.4, -0.2) is 0 Å². The van der Waals surface area contributed by atoms with Crippen molar-refractivity contribution >= 4 is 0 Å². The zero-order chi connectivity index (χ0) is 16.2. The molecule has 0 bridgehead atoms. The summed E-state index contributed by atoms with van der Waals surface area (Å²) in [5.74, 6) is 0. The molecule has 0 aliphatic rings. The van der Waals surface area contributed by atoms with Crippen LogP contribution in [0.15, 0.2) is 54.6 Å². The zero-order valence-corrected chi connectivity index (χ0v) is 16.6. The fourth-order valence-corrected chi connectivity index (χ4v) is 5.47. The molecule has 0 unspecified atom stereocenters. The van der Waals surface area contributed by atoms with Gasteiger partial charge in [0.1, 0.15) is 0 Å². The van der Waals surface area contributed by atoms with Gasteiger partial charge < -0.3 is 0 Å². The van der Waals surface area contributed by atoms with Crippen molar-refractivity contribution in [1.29, 1.82) is 0 Å². The maximum Gasteiger partial charge on any atom is 0.358 e. The van der Waals surface area contributed by atoms with Crippen LogP contribution in [0.25, 0.3) is 0 Å². The molecule has 2 aromatic rings. The first kappa shape index (κ1) is 18.5. The third-order valence-corrected chi connectivity index (χ3v) is 7.18. The lowest BCUT2D eigenvalue weighted by Crippen LogP contribution is -3.61. The van der Waals surface area contributed by atoms with Crippen molar-refractivity contribution in [2.75, 3.05) is 0 Å². The maximum atomic E-state index is 2.35. The minimum absolute atomic E-state index is 0.0295. The van der Waals surface area contributed by atoms with E-state index in [4.69, 9.17) is 0 Å². The Morgan fingerprint density at radius 1 is 0.652 bits per heavy atom. The number of aryl methyl sites for hydroxylation is 1. The molecule has 2 rings (SSSR count). The van der Waals surface area contributed by atoms with Crippen molar-refractivity contribution in [3.05, 3.63) is 67.3 Å². The first-order valence-electron chi connectivity index (χ1n) is 9.18. The molecule has 0 radical (unpaired) electrons. The Morgan fingerprint density at radius 2 is 1.26 bits per heavy atom. The molecule has 0 amide bonds. The van der Waals surface area contributed by atoms with Gasteiger partial charge in [0.15, 0.2) is 7.14 Å². The second-order valence-electron chi connectivity index (χ2n) is 6.21. The lowest BCUT2D eigenvalue weighted by molar-refractivity contribution is -0.598. The molecular formula is C22H30I+. The molecule has 23 heavy (non-hydrogen) atoms. The number of halogens is 1. The van der Waals surface area contributed by atoms with Crippen molar-refractivity contribution in [3.8, 4) is 0 Å². The molecule has 1 heteroatoms. The highest BCUT2D eigenvalue weighted by Crippen LogP contribution is 2.11. The summed E-state index contributed by atoms with van der Waals surface area (Å²) in [5.41, 5.74) is 1.59. The summed E-state index contributed by atoms with van der Waals surface area (Å²) in [4.78, 5) is 0. The van der Waals surface area contributed by atoms with E-state index >= 15 is 0 Å². The van der Waals surface area contributed by atoms with Crippen LogP contribution in [0.4, 0.5) is 0 Å². The Bertz CT molecular complexity index is 533. The molecule has 0 N–H and O–H groups in total. The van der Waals surface area contributed by atoms with Crippen LogP contribution < -0.4 is 21.2 Å². The van der Waals surface area contributed by atoms with Crippen LogP contribution in [-0.2, 0) is 6.42 Å². The van der Waals surface area contributed by atoms with E-state index < -0.39 is 0 Å². The van der Waals surface area contributed by atoms with Gasteiger partial charge in [0.25, 0.3) is 0 Å². The Morgan fingerprint density at radius 3 is 2.00 bits per heavy atom. The first-order chi connectivity index (χ1) is 11.4. The second-order valence-corrected chi connectivity index (χ2v) is 9.15. The highest BCUT2D eigenvalue weighted by atomic mass is 127. The largest absolute Gasteiger partial charge is 0.358 e. The lowest BCUT2D eigenvalue weighted by Gasteiger charge is -2.03. The summed E-state index contributed by atoms with van der Waals surface area (Å²) in [5, 5.41) is 0. The van der Waals surface area contributed by atoms with Gasteiger partial charge in [0, 0.05) is 5.56 Å². The summed E-state index contributed by atoms with van der Waals surface area (Å²) in [7, 11) is 0. The Kier molecular flexibility index (Phi) is 9.39. The van der Waals surface area contributed by atoms with E-state index in [0.717, 1.165) is 0 Å². The molecule has 0 atom stereocenters. The van der Waals surface area contributed by atoms with Gasteiger partial charge in [-0.15, -0.1) is 0 Å². The molecule has 0 spiro atoms. The van der Waals surface area contributed by atoms with Crippen molar-refractivity contribution < 1.29 is 21.2 Å². The molecule has 0 aliphatic heterocycles. The van der Waals surface area contributed by atoms with Gasteiger partial charge in [-0.25, -0.2) is 0 Å². The first-order valence-corrected chi connectivity index (χ1v) is 11.3. The average Bonchev–Trinajstić information content (AvgIpc) is 2.59. The summed E-state index contributed by atoms with van der Waals surface area (Å²) in [6.07, 6.45) is 12.5. The summed E-state index contributed by atoms with van der Waals surface area (Å²) < 4.78 is 3.13. The normalized spacial score (nSPS) is 10.8. The van der Waals surface area contributed by atoms with Crippen LogP contribution in [0, 0.1) is 7.14 Å². The third-order valence-electron chi connectivity index (χ3n) is 4.20. The average molecular weight is 421 g/mol. The minimum Gasteiger partial charge on any atom is -0.0654 e. The van der Waals surface area contributed by atoms with Crippen molar-refractivity contribution in [3.63, 3.8) is 0 Å². The number of hydrogen-bond donors (Lipinski definition) is 0. The third kappa shape index (κ3) is 7.52. The molecule has 0 heterocycles. The molecule has 124 valence electrons. The van der Waals surface area contributed by atoms with Crippen LogP contribution in [0.1, 0.15) is 63.9 Å². The van der Waals surface area contributed by atoms with Gasteiger partial charge in [-0.2, -0.15) is 0 Å². The maximum absolute atomic E-state index is 2.35. The molecule has 2 aromatic carbocycles. The van der Waals surface area contributed by atoms with Crippen molar-refractivity contribution in [2.45, 2.75) is 64.7 Å². The SMILES string of the molecule is CCCCCCCCCCc1ccccc1[I+]c1ccccc1. The van der Waals surface area contributed by atoms with E-state index in [1.165, 1.54) is 61.4 Å². The van der Waals surface area contributed by atoms with E-state index in [1.54, 1.807) is 9.13 Å². The van der Waals surface area contributed by atoms with E-state index in [0.29, 0.717) is 0 Å². The molecule has 0 nitrogen and oxygen atoms in total. The van der Waals surface area contributed by atoms with E-state index in [2.05, 4.69) is 61.5 Å². The lowest BCUT2D eigenvalue weighted by atomic mass is 10.0. The summed E-state index contributed by atoms with van der Waals surface area (Å²) >= 11 is -0.0295. The molecule has 0 aromatic heterocycles. The van der Waals surface area contributed by atoms with Crippen molar-refractivity contribution in [1.82, 2.24) is 0 Å². The topological polar surface area (TPSA) is 0 Å². The standard InChI is InChI=1S/C22H30I/c1-2-3-4-5-6-7-8-10-15-20-16-13-14-19-22(20)23-21-17-11-9-12-18-21/h9,11-14,16-19H,2-8,10,15H2,1H3/q+1. The highest BCUT2D eigenvalue weighted by Gasteiger charge is 2.18. The van der Waals surface area contributed by atoms with Crippen LogP contribution in [0.5, 0.6) is 0 Å². The van der Waals surface area contributed by atoms with Gasteiger partial charge in [-0.05, 0) is 31.0 Å². The highest BCUT2D eigenvalue weighted by molar-refractivity contribution is 5.14. The van der Waals surface area contributed by atoms with Gasteiger partial charge in [-0.1, -0.05) is 88.3 Å². The smallest absolute Gasteiger partial charge is 0.0654 e. The quantitative estimate of drug-likeness (QED) is 0.385. The predicted molar refractivity (Wildman–Crippen MR) is 96.6 cm³/mol. The second kappa shape index (κ2) is 11.7. The summed E-state index contributed by atoms with van der Waals surface area (Å²) in [6, 6.07) is 20.1. The van der Waals surface area contributed by atoms with Gasteiger partial charge in [0.2, 0.25) is 0 Å². The van der Waals surface area contributed by atoms with Crippen molar-refractivity contribution in [2.24, 2.45) is 0 Å². The van der Waals surface area contributed by atoms with E-state index in [1.807, 2.05) is 0 Å². The minimum atomic E-state index is -0.0295. The molecule has 0 saturated carbocycles. The predicted octanol–water partition coefficient (Wildman–Crippen LogP) is 3.50. The zero-order valence-electron chi connectivity index (χ0n) is 14.4. The van der Waals surface area contributed by atoms with Gasteiger partial charge in [-0.3, -0.25) is 0 Å². The van der Waals surface area contributed by atoms with Gasteiger partial charge >= 0.3 is 21.2 Å². The van der Waals surface area contributed by atoms with Gasteiger partial charge in [0.05, 0.1) is 0 Å². The monoisotopic (exact) mass is 421 g/mol. The number of benzene rings is 2. The number of unbranched alkanes of at least 4 members (excludes halogenated alkanes) is 7. The fraction of sp³-hybridized carbons (Fsp3) is 0.455. The van der Waals surface area contributed by atoms with Crippen LogP contribution in [0.2, 0.25) is 0 Å². The van der Waals surface area contributed by atoms with Crippen LogP contribution >= 0.6 is 0 Å². The molecule has 0 aliphatic carbocycles. The fourth-order valence-electron chi connectivity index (χ4n) is 2.84. The van der Waals surface area contributed by atoms with Crippen LogP contribution in [0.3, 0.4) is 0 Å². The molecular weight excluding hydrogens is 391 g/mol. The van der Waals surface area contributed by atoms with E-state index in [9.17, 15) is 0 Å². The Labute approximate surface area is 153 Å². The Hall–Kier alpha value is -0.830. The Balaban J connectivity index is 1.73. The summed E-state index contributed by atoms with van der Waals surface area (Å²) in [6.45, 7) is 2.29. The number of hydrogen-bond acceptors (Lipinski definition) is 0. The molecule has 0 fully saturated rings. The van der Waals surface area contributed by atoms with E-state index in [-0.39, 0.29) is 21.2 Å². The number of rotatable bonds is 11. The molecule has 0 saturated heterocycles.